The van der Waals surface area contributed by atoms with Gasteiger partial charge in [0.05, 0.1) is 18.9 Å². The Hall–Kier alpha value is -1.000. The average molecular weight is 391 g/mol. The second-order valence-electron chi connectivity index (χ2n) is 5.72. The molecular formula is C18H22Cl3NO2. The number of rotatable bonds is 7. The maximum Gasteiger partial charge on any atom is 0.0822 e. The van der Waals surface area contributed by atoms with Crippen molar-refractivity contribution in [3.8, 4) is 0 Å². The maximum atomic E-state index is 8.58. The van der Waals surface area contributed by atoms with Crippen LogP contribution in [0, 0.1) is 5.92 Å². The predicted octanol–water partition coefficient (Wildman–Crippen LogP) is 6.19. The molecule has 1 aromatic carbocycles. The van der Waals surface area contributed by atoms with Crippen LogP contribution in [-0.4, -0.2) is 24.1 Å². The fourth-order valence-corrected chi connectivity index (χ4v) is 2.56. The molecule has 3 nitrogen and oxygen atoms in total. The molecule has 1 saturated carbocycles. The molecule has 2 rings (SSSR count). The van der Waals surface area contributed by atoms with Crippen molar-refractivity contribution in [2.75, 3.05) is 13.2 Å². The van der Waals surface area contributed by atoms with Crippen LogP contribution in [0.4, 0.5) is 0 Å². The molecule has 132 valence electrons. The van der Waals surface area contributed by atoms with E-state index in [2.05, 4.69) is 30.4 Å². The van der Waals surface area contributed by atoms with Gasteiger partial charge in [0, 0.05) is 15.1 Å². The molecule has 0 radical (unpaired) electrons. The quantitative estimate of drug-likeness (QED) is 0.342. The van der Waals surface area contributed by atoms with Gasteiger partial charge in [0.15, 0.2) is 0 Å². The highest BCUT2D eigenvalue weighted by Gasteiger charge is 2.38. The molecule has 6 heteroatoms. The lowest BCUT2D eigenvalue weighted by Gasteiger charge is -2.00. The largest absolute Gasteiger partial charge is 0.411 e. The van der Waals surface area contributed by atoms with Crippen LogP contribution in [-0.2, 0) is 4.74 Å². The van der Waals surface area contributed by atoms with Crippen LogP contribution in [0.5, 0.6) is 0 Å². The molecule has 1 aliphatic rings. The van der Waals surface area contributed by atoms with Gasteiger partial charge in [0.2, 0.25) is 0 Å². The number of hydrogen-bond donors (Lipinski definition) is 1. The Morgan fingerprint density at radius 1 is 1.21 bits per heavy atom. The number of nitrogens with zero attached hydrogens (tertiary/aromatic N) is 1. The van der Waals surface area contributed by atoms with Crippen LogP contribution in [0.3, 0.4) is 0 Å². The standard InChI is InChI=1S/C12H14ClNO.C6H8Cl2O/c1-8(14-15)6-10-7-12(10)9-2-4-11(13)5-3-9;1-5(7)3-9-4-6(2)8/h2-5,10,12,15H,6-7H2,1H3;1-4H2/b14-8+;. The molecule has 0 bridgehead atoms. The van der Waals surface area contributed by atoms with E-state index >= 15 is 0 Å². The van der Waals surface area contributed by atoms with E-state index in [9.17, 15) is 0 Å². The highest BCUT2D eigenvalue weighted by atomic mass is 35.5. The molecule has 0 amide bonds. The SMILES string of the molecule is C/C(CC1CC1c1ccc(Cl)cc1)=N\O.C=C(Cl)COCC(=C)Cl. The van der Waals surface area contributed by atoms with Crippen molar-refractivity contribution < 1.29 is 9.94 Å². The second kappa shape index (κ2) is 10.8. The lowest BCUT2D eigenvalue weighted by Crippen LogP contribution is -1.94. The molecule has 0 spiro atoms. The van der Waals surface area contributed by atoms with Gasteiger partial charge in [0.1, 0.15) is 0 Å². The summed E-state index contributed by atoms with van der Waals surface area (Å²) < 4.78 is 4.89. The molecule has 1 aromatic rings. The zero-order chi connectivity index (χ0) is 18.1. The van der Waals surface area contributed by atoms with Crippen LogP contribution in [0.25, 0.3) is 0 Å². The van der Waals surface area contributed by atoms with Gasteiger partial charge < -0.3 is 9.94 Å². The number of halogens is 3. The van der Waals surface area contributed by atoms with E-state index in [1.807, 2.05) is 19.1 Å². The van der Waals surface area contributed by atoms with E-state index < -0.39 is 0 Å². The molecular weight excluding hydrogens is 369 g/mol. The van der Waals surface area contributed by atoms with Crippen molar-refractivity contribution in [1.82, 2.24) is 0 Å². The Morgan fingerprint density at radius 3 is 2.21 bits per heavy atom. The predicted molar refractivity (Wildman–Crippen MR) is 103 cm³/mol. The first-order chi connectivity index (χ1) is 11.3. The van der Waals surface area contributed by atoms with Crippen molar-refractivity contribution in [3.05, 3.63) is 58.1 Å². The fourth-order valence-electron chi connectivity index (χ4n) is 2.28. The Balaban J connectivity index is 0.000000277. The van der Waals surface area contributed by atoms with Gasteiger partial charge >= 0.3 is 0 Å². The van der Waals surface area contributed by atoms with E-state index in [1.165, 1.54) is 12.0 Å². The van der Waals surface area contributed by atoms with Crippen molar-refractivity contribution >= 4 is 40.5 Å². The first kappa shape index (κ1) is 21.0. The van der Waals surface area contributed by atoms with Gasteiger partial charge in [-0.15, -0.1) is 0 Å². The maximum absolute atomic E-state index is 8.58. The molecule has 0 aliphatic heterocycles. The zero-order valence-corrected chi connectivity index (χ0v) is 15.9. The lowest BCUT2D eigenvalue weighted by atomic mass is 10.1. The number of hydrogen-bond acceptors (Lipinski definition) is 3. The minimum atomic E-state index is 0.327. The summed E-state index contributed by atoms with van der Waals surface area (Å²) in [5.74, 6) is 1.26. The van der Waals surface area contributed by atoms with Crippen LogP contribution < -0.4 is 0 Å². The summed E-state index contributed by atoms with van der Waals surface area (Å²) in [7, 11) is 0. The van der Waals surface area contributed by atoms with Gasteiger partial charge in [-0.2, -0.15) is 0 Å². The molecule has 0 aromatic heterocycles. The number of oxime groups is 1. The normalized spacial score (nSPS) is 19.2. The van der Waals surface area contributed by atoms with Crippen molar-refractivity contribution in [2.45, 2.75) is 25.7 Å². The summed E-state index contributed by atoms with van der Waals surface area (Å²) in [5, 5.41) is 13.5. The Kier molecular flexibility index (Phi) is 9.45. The van der Waals surface area contributed by atoms with Gasteiger partial charge in [0.25, 0.3) is 0 Å². The minimum absolute atomic E-state index is 0.327. The molecule has 2 unspecified atom stereocenters. The van der Waals surface area contributed by atoms with E-state index in [0.29, 0.717) is 35.1 Å². The first-order valence-corrected chi connectivity index (χ1v) is 8.64. The molecule has 0 saturated heterocycles. The topological polar surface area (TPSA) is 41.8 Å². The highest BCUT2D eigenvalue weighted by Crippen LogP contribution is 2.49. The highest BCUT2D eigenvalue weighted by molar-refractivity contribution is 6.30. The van der Waals surface area contributed by atoms with Gasteiger partial charge in [-0.05, 0) is 49.3 Å². The summed E-state index contributed by atoms with van der Waals surface area (Å²) in [5.41, 5.74) is 2.16. The number of benzene rings is 1. The smallest absolute Gasteiger partial charge is 0.0822 e. The zero-order valence-electron chi connectivity index (χ0n) is 13.6. The summed E-state index contributed by atoms with van der Waals surface area (Å²) in [4.78, 5) is 0. The third-order valence-electron chi connectivity index (χ3n) is 3.47. The van der Waals surface area contributed by atoms with Crippen LogP contribution in [0.1, 0.15) is 31.2 Å². The summed E-state index contributed by atoms with van der Waals surface area (Å²) in [6.07, 6.45) is 2.08. The monoisotopic (exact) mass is 389 g/mol. The molecule has 1 aliphatic carbocycles. The fraction of sp³-hybridized carbons (Fsp3) is 0.389. The van der Waals surface area contributed by atoms with E-state index in [-0.39, 0.29) is 0 Å². The molecule has 0 heterocycles. The second-order valence-corrected chi connectivity index (χ2v) is 7.23. The van der Waals surface area contributed by atoms with Crippen LogP contribution in [0.2, 0.25) is 5.02 Å². The molecule has 1 N–H and O–H groups in total. The van der Waals surface area contributed by atoms with Crippen LogP contribution in [0.15, 0.2) is 52.6 Å². The van der Waals surface area contributed by atoms with E-state index in [0.717, 1.165) is 17.2 Å². The van der Waals surface area contributed by atoms with Crippen molar-refractivity contribution in [1.29, 1.82) is 0 Å². The van der Waals surface area contributed by atoms with Crippen LogP contribution >= 0.6 is 34.8 Å². The van der Waals surface area contributed by atoms with Gasteiger partial charge in [-0.1, -0.05) is 65.2 Å². The van der Waals surface area contributed by atoms with E-state index in [4.69, 9.17) is 44.7 Å². The third kappa shape index (κ3) is 8.74. The molecule has 2 atom stereocenters. The Morgan fingerprint density at radius 2 is 1.75 bits per heavy atom. The minimum Gasteiger partial charge on any atom is -0.411 e. The summed E-state index contributed by atoms with van der Waals surface area (Å²) in [6.45, 7) is 9.35. The lowest BCUT2D eigenvalue weighted by molar-refractivity contribution is 0.189. The Labute approximate surface area is 158 Å². The summed E-state index contributed by atoms with van der Waals surface area (Å²) >= 11 is 16.6. The van der Waals surface area contributed by atoms with Crippen molar-refractivity contribution in [3.63, 3.8) is 0 Å². The number of ether oxygens (including phenoxy) is 1. The van der Waals surface area contributed by atoms with Crippen molar-refractivity contribution in [2.24, 2.45) is 11.1 Å². The average Bonchev–Trinajstić information content (AvgIpc) is 3.27. The third-order valence-corrected chi connectivity index (χ3v) is 3.94. The van der Waals surface area contributed by atoms with E-state index in [1.54, 1.807) is 0 Å². The Bertz CT molecular complexity index is 570. The first-order valence-electron chi connectivity index (χ1n) is 7.50. The van der Waals surface area contributed by atoms with Gasteiger partial charge in [-0.25, -0.2) is 0 Å². The molecule has 1 fully saturated rings. The summed E-state index contributed by atoms with van der Waals surface area (Å²) in [6, 6.07) is 8.02. The van der Waals surface area contributed by atoms with Gasteiger partial charge in [-0.3, -0.25) is 0 Å². The molecule has 24 heavy (non-hydrogen) atoms.